The number of ether oxygens (including phenoxy) is 1. The molecule has 8 nitrogen and oxygen atoms in total. The van der Waals surface area contributed by atoms with Gasteiger partial charge in [-0.1, -0.05) is 18.7 Å². The second-order valence-corrected chi connectivity index (χ2v) is 6.47. The maximum Gasteiger partial charge on any atom is 0.338 e. The molecule has 0 aliphatic rings. The van der Waals surface area contributed by atoms with Crippen LogP contribution in [0.3, 0.4) is 0 Å². The monoisotopic (exact) mass is 375 g/mol. The van der Waals surface area contributed by atoms with Gasteiger partial charge in [0.05, 0.1) is 17.4 Å². The van der Waals surface area contributed by atoms with Crippen molar-refractivity contribution in [1.29, 1.82) is 0 Å². The number of nitrogens with one attached hydrogen (secondary N) is 1. The van der Waals surface area contributed by atoms with E-state index in [1.807, 2.05) is 6.92 Å². The summed E-state index contributed by atoms with van der Waals surface area (Å²) in [5, 5.41) is 2.74. The molecule has 0 aliphatic carbocycles. The molecule has 138 valence electrons. The Morgan fingerprint density at radius 3 is 2.31 bits per heavy atom. The zero-order valence-corrected chi connectivity index (χ0v) is 15.4. The second-order valence-electron chi connectivity index (χ2n) is 5.30. The zero-order chi connectivity index (χ0) is 19.1. The lowest BCUT2D eigenvalue weighted by molar-refractivity contribution is -0.115. The Kier molecular flexibility index (Phi) is 6.79. The van der Waals surface area contributed by atoms with E-state index in [0.29, 0.717) is 29.4 Å². The maximum absolute atomic E-state index is 12.5. The summed E-state index contributed by atoms with van der Waals surface area (Å²) >= 11 is 1.19. The third-order valence-corrected chi connectivity index (χ3v) is 4.55. The highest BCUT2D eigenvalue weighted by Crippen LogP contribution is 2.25. The summed E-state index contributed by atoms with van der Waals surface area (Å²) in [7, 11) is 0. The fraction of sp³-hybridized carbons (Fsp3) is 0.294. The van der Waals surface area contributed by atoms with E-state index in [1.165, 1.54) is 17.8 Å². The number of nitrogens with zero attached hydrogens (tertiary/aromatic N) is 2. The SMILES string of the molecule is CCOC(=O)c1ccc(NC(=O)[C@@H](CC)Sc2nc(N)cc(N)n2)cc1. The Bertz CT molecular complexity index is 762. The van der Waals surface area contributed by atoms with Gasteiger partial charge in [0.15, 0.2) is 5.16 Å². The first-order valence-electron chi connectivity index (χ1n) is 8.07. The van der Waals surface area contributed by atoms with Crippen LogP contribution in [-0.2, 0) is 9.53 Å². The van der Waals surface area contributed by atoms with E-state index in [1.54, 1.807) is 31.2 Å². The highest BCUT2D eigenvalue weighted by Gasteiger charge is 2.20. The Balaban J connectivity index is 2.03. The van der Waals surface area contributed by atoms with Gasteiger partial charge in [0.1, 0.15) is 11.6 Å². The summed E-state index contributed by atoms with van der Waals surface area (Å²) in [6.45, 7) is 3.94. The Morgan fingerprint density at radius 1 is 1.15 bits per heavy atom. The third-order valence-electron chi connectivity index (χ3n) is 3.32. The highest BCUT2D eigenvalue weighted by atomic mass is 32.2. The number of nitrogen functional groups attached to an aromatic ring is 2. The van der Waals surface area contributed by atoms with Gasteiger partial charge in [-0.3, -0.25) is 4.79 Å². The molecule has 0 aliphatic heterocycles. The van der Waals surface area contributed by atoms with Crippen molar-refractivity contribution in [1.82, 2.24) is 9.97 Å². The summed E-state index contributed by atoms with van der Waals surface area (Å²) in [5.41, 5.74) is 12.3. The number of anilines is 3. The summed E-state index contributed by atoms with van der Waals surface area (Å²) in [4.78, 5) is 32.3. The van der Waals surface area contributed by atoms with Crippen LogP contribution in [0.2, 0.25) is 0 Å². The molecular formula is C17H21N5O3S. The minimum Gasteiger partial charge on any atom is -0.462 e. The number of hydrogen-bond donors (Lipinski definition) is 3. The Morgan fingerprint density at radius 2 is 1.77 bits per heavy atom. The quantitative estimate of drug-likeness (QED) is 0.381. The number of nitrogens with two attached hydrogens (primary N) is 2. The molecule has 2 aromatic rings. The molecule has 1 amide bonds. The van der Waals surface area contributed by atoms with Gasteiger partial charge in [0.2, 0.25) is 5.91 Å². The fourth-order valence-corrected chi connectivity index (χ4v) is 2.99. The van der Waals surface area contributed by atoms with E-state index in [4.69, 9.17) is 16.2 Å². The van der Waals surface area contributed by atoms with Crippen molar-refractivity contribution in [2.24, 2.45) is 0 Å². The molecule has 0 unspecified atom stereocenters. The van der Waals surface area contributed by atoms with Gasteiger partial charge in [-0.2, -0.15) is 0 Å². The van der Waals surface area contributed by atoms with Crippen molar-refractivity contribution in [3.63, 3.8) is 0 Å². The molecular weight excluding hydrogens is 354 g/mol. The second kappa shape index (κ2) is 9.04. The molecule has 2 rings (SSSR count). The molecule has 0 spiro atoms. The number of amides is 1. The number of esters is 1. The van der Waals surface area contributed by atoms with Crippen molar-refractivity contribution in [2.45, 2.75) is 30.7 Å². The first kappa shape index (κ1) is 19.5. The highest BCUT2D eigenvalue weighted by molar-refractivity contribution is 8.00. The van der Waals surface area contributed by atoms with Crippen molar-refractivity contribution >= 4 is 41.0 Å². The van der Waals surface area contributed by atoms with Crippen LogP contribution >= 0.6 is 11.8 Å². The number of benzene rings is 1. The maximum atomic E-state index is 12.5. The van der Waals surface area contributed by atoms with Crippen LogP contribution in [0, 0.1) is 0 Å². The van der Waals surface area contributed by atoms with E-state index in [2.05, 4.69) is 15.3 Å². The summed E-state index contributed by atoms with van der Waals surface area (Å²) in [6.07, 6.45) is 0.565. The smallest absolute Gasteiger partial charge is 0.338 e. The van der Waals surface area contributed by atoms with E-state index < -0.39 is 11.2 Å². The molecule has 5 N–H and O–H groups in total. The van der Waals surface area contributed by atoms with Gasteiger partial charge in [-0.25, -0.2) is 14.8 Å². The predicted octanol–water partition coefficient (Wildman–Crippen LogP) is 2.33. The van der Waals surface area contributed by atoms with Crippen molar-refractivity contribution in [2.75, 3.05) is 23.4 Å². The lowest BCUT2D eigenvalue weighted by Crippen LogP contribution is -2.25. The van der Waals surface area contributed by atoms with Crippen LogP contribution in [0.15, 0.2) is 35.5 Å². The number of thioether (sulfide) groups is 1. The molecule has 26 heavy (non-hydrogen) atoms. The van der Waals surface area contributed by atoms with E-state index in [0.717, 1.165) is 0 Å². The summed E-state index contributed by atoms with van der Waals surface area (Å²) in [6, 6.07) is 7.95. The molecule has 1 heterocycles. The number of aromatic nitrogens is 2. The molecule has 0 fully saturated rings. The van der Waals surface area contributed by atoms with Crippen LogP contribution in [0.4, 0.5) is 17.3 Å². The predicted molar refractivity (Wildman–Crippen MR) is 102 cm³/mol. The summed E-state index contributed by atoms with van der Waals surface area (Å²) < 4.78 is 4.93. The first-order valence-corrected chi connectivity index (χ1v) is 8.95. The number of carbonyl (C=O) groups is 2. The van der Waals surface area contributed by atoms with Crippen LogP contribution in [-0.4, -0.2) is 33.7 Å². The average molecular weight is 375 g/mol. The van der Waals surface area contributed by atoms with Gasteiger partial charge in [-0.15, -0.1) is 0 Å². The largest absolute Gasteiger partial charge is 0.462 e. The van der Waals surface area contributed by atoms with E-state index in [-0.39, 0.29) is 17.5 Å². The van der Waals surface area contributed by atoms with Crippen LogP contribution in [0.25, 0.3) is 0 Å². The normalized spacial score (nSPS) is 11.6. The zero-order valence-electron chi connectivity index (χ0n) is 14.6. The van der Waals surface area contributed by atoms with Crippen molar-refractivity contribution in [3.05, 3.63) is 35.9 Å². The number of rotatable bonds is 7. The van der Waals surface area contributed by atoms with E-state index >= 15 is 0 Å². The molecule has 1 atom stereocenters. The molecule has 1 aromatic heterocycles. The first-order chi connectivity index (χ1) is 12.4. The molecule has 1 aromatic carbocycles. The lowest BCUT2D eigenvalue weighted by Gasteiger charge is -2.14. The molecule has 0 saturated carbocycles. The van der Waals surface area contributed by atoms with Crippen molar-refractivity contribution < 1.29 is 14.3 Å². The fourth-order valence-electron chi connectivity index (χ4n) is 2.09. The van der Waals surface area contributed by atoms with Gasteiger partial charge >= 0.3 is 5.97 Å². The molecule has 9 heteroatoms. The molecule has 0 saturated heterocycles. The molecule has 0 bridgehead atoms. The third kappa shape index (κ3) is 5.35. The number of hydrogen-bond acceptors (Lipinski definition) is 8. The van der Waals surface area contributed by atoms with Gasteiger partial charge in [-0.05, 0) is 37.6 Å². The van der Waals surface area contributed by atoms with E-state index in [9.17, 15) is 9.59 Å². The Labute approximate surface area is 155 Å². The lowest BCUT2D eigenvalue weighted by atomic mass is 10.2. The topological polar surface area (TPSA) is 133 Å². The average Bonchev–Trinajstić information content (AvgIpc) is 2.59. The van der Waals surface area contributed by atoms with Gasteiger partial charge in [0.25, 0.3) is 0 Å². The minimum atomic E-state index is -0.416. The minimum absolute atomic E-state index is 0.203. The standard InChI is InChI=1S/C17H21N5O3S/c1-3-12(26-17-21-13(18)9-14(19)22-17)15(23)20-11-7-5-10(6-8-11)16(24)25-4-2/h5-9,12H,3-4H2,1-2H3,(H,20,23)(H4,18,19,21,22)/t12-/m1/s1. The number of carbonyl (C=O) groups excluding carboxylic acids is 2. The Hall–Kier alpha value is -2.81. The van der Waals surface area contributed by atoms with Crippen LogP contribution in [0.1, 0.15) is 30.6 Å². The van der Waals surface area contributed by atoms with Gasteiger partial charge in [0, 0.05) is 11.8 Å². The summed E-state index contributed by atoms with van der Waals surface area (Å²) in [5.74, 6) is -0.0932. The van der Waals surface area contributed by atoms with Crippen LogP contribution in [0.5, 0.6) is 0 Å². The van der Waals surface area contributed by atoms with Crippen molar-refractivity contribution in [3.8, 4) is 0 Å². The van der Waals surface area contributed by atoms with Crippen LogP contribution < -0.4 is 16.8 Å². The molecule has 0 radical (unpaired) electrons. The van der Waals surface area contributed by atoms with Gasteiger partial charge < -0.3 is 21.5 Å².